The van der Waals surface area contributed by atoms with E-state index in [1.165, 1.54) is 12.1 Å². The molecule has 0 radical (unpaired) electrons. The number of hydrogen-bond donors (Lipinski definition) is 4. The van der Waals surface area contributed by atoms with E-state index in [2.05, 4.69) is 0 Å². The summed E-state index contributed by atoms with van der Waals surface area (Å²) in [6.07, 6.45) is -5.21. The Kier molecular flexibility index (Phi) is 6.52. The molecule has 1 saturated heterocycles. The number of aryl methyl sites for hydroxylation is 1. The van der Waals surface area contributed by atoms with Crippen molar-refractivity contribution < 1.29 is 29.6 Å². The Bertz CT molecular complexity index is 1030. The van der Waals surface area contributed by atoms with E-state index in [-0.39, 0.29) is 5.82 Å². The maximum atomic E-state index is 13.2. The van der Waals surface area contributed by atoms with E-state index in [1.807, 2.05) is 37.3 Å². The molecule has 1 aliphatic heterocycles. The Morgan fingerprint density at radius 2 is 1.71 bits per heavy atom. The normalized spacial score (nSPS) is 26.2. The van der Waals surface area contributed by atoms with Crippen LogP contribution < -0.4 is 0 Å². The van der Waals surface area contributed by atoms with Gasteiger partial charge in [-0.3, -0.25) is 0 Å². The fourth-order valence-corrected chi connectivity index (χ4v) is 4.90. The fraction of sp³-hybridized carbons (Fsp3) is 0.333. The minimum Gasteiger partial charge on any atom is -0.394 e. The quantitative estimate of drug-likeness (QED) is 0.484. The summed E-state index contributed by atoms with van der Waals surface area (Å²) < 4.78 is 18.9. The van der Waals surface area contributed by atoms with Gasteiger partial charge in [-0.15, -0.1) is 11.3 Å². The summed E-state index contributed by atoms with van der Waals surface area (Å²) in [4.78, 5) is 2.19. The van der Waals surface area contributed by atoms with Gasteiger partial charge in [-0.05, 0) is 53.4 Å². The SMILES string of the molecule is Cc1ccc([C@@H]2O[C@H](CO)[C@@H](O)[C@H](O)[C@H]2O)cc1[14CH2]c1ccc(-c2ccc(F)cc2)s1. The van der Waals surface area contributed by atoms with Gasteiger partial charge in [0.15, 0.2) is 0 Å². The molecule has 0 spiro atoms. The van der Waals surface area contributed by atoms with Crippen LogP contribution in [0.25, 0.3) is 10.4 Å². The molecule has 2 heterocycles. The van der Waals surface area contributed by atoms with E-state index >= 15 is 0 Å². The number of benzene rings is 2. The summed E-state index contributed by atoms with van der Waals surface area (Å²) >= 11 is 1.63. The molecule has 2 aromatic carbocycles. The van der Waals surface area contributed by atoms with Gasteiger partial charge < -0.3 is 25.2 Å². The summed E-state index contributed by atoms with van der Waals surface area (Å²) in [5, 5.41) is 40.0. The van der Waals surface area contributed by atoms with Crippen molar-refractivity contribution in [1.82, 2.24) is 0 Å². The Balaban J connectivity index is 1.57. The third kappa shape index (κ3) is 4.57. The first-order valence-corrected chi connectivity index (χ1v) is 10.9. The molecular formula is C24H25FO5S. The lowest BCUT2D eigenvalue weighted by molar-refractivity contribution is -0.231. The first kappa shape index (κ1) is 22.1. The van der Waals surface area contributed by atoms with Crippen molar-refractivity contribution in [2.75, 3.05) is 6.61 Å². The summed E-state index contributed by atoms with van der Waals surface area (Å²) in [7, 11) is 0. The van der Waals surface area contributed by atoms with Gasteiger partial charge in [-0.25, -0.2) is 4.39 Å². The number of rotatable bonds is 5. The van der Waals surface area contributed by atoms with Gasteiger partial charge in [0, 0.05) is 16.2 Å². The Hall–Kier alpha value is -2.13. The van der Waals surface area contributed by atoms with Gasteiger partial charge in [0.05, 0.1) is 6.61 Å². The van der Waals surface area contributed by atoms with Gasteiger partial charge in [0.2, 0.25) is 0 Å². The topological polar surface area (TPSA) is 90.2 Å². The highest BCUT2D eigenvalue weighted by Gasteiger charge is 2.43. The molecule has 5 nitrogen and oxygen atoms in total. The van der Waals surface area contributed by atoms with E-state index in [0.29, 0.717) is 12.0 Å². The molecule has 5 atom stereocenters. The van der Waals surface area contributed by atoms with Gasteiger partial charge >= 0.3 is 0 Å². The van der Waals surface area contributed by atoms with E-state index in [9.17, 15) is 24.8 Å². The summed E-state index contributed by atoms with van der Waals surface area (Å²) in [6, 6.07) is 16.2. The smallest absolute Gasteiger partial charge is 0.123 e. The van der Waals surface area contributed by atoms with Crippen molar-refractivity contribution in [1.29, 1.82) is 0 Å². The lowest BCUT2D eigenvalue weighted by atomic mass is 9.90. The molecule has 164 valence electrons. The van der Waals surface area contributed by atoms with Crippen LogP contribution in [0.2, 0.25) is 0 Å². The molecule has 0 aliphatic carbocycles. The van der Waals surface area contributed by atoms with Crippen LogP contribution in [0.4, 0.5) is 4.39 Å². The monoisotopic (exact) mass is 446 g/mol. The first-order chi connectivity index (χ1) is 14.9. The second kappa shape index (κ2) is 9.16. The standard InChI is InChI=1S/C24H25FO5S/c1-13-2-3-15(24-23(29)22(28)21(27)19(12-26)30-24)10-16(13)11-18-8-9-20(31-18)14-4-6-17(25)7-5-14/h2-10,19,21-24,26-29H,11-12H2,1H3/t19-,21-,22+,23-,24+/m1/s1/i11+2. The third-order valence-corrected chi connectivity index (χ3v) is 6.88. The average molecular weight is 447 g/mol. The molecule has 7 heteroatoms. The Morgan fingerprint density at radius 1 is 0.968 bits per heavy atom. The van der Waals surface area contributed by atoms with Crippen molar-refractivity contribution in [3.63, 3.8) is 0 Å². The minimum atomic E-state index is -1.41. The predicted molar refractivity (Wildman–Crippen MR) is 116 cm³/mol. The largest absolute Gasteiger partial charge is 0.394 e. The van der Waals surface area contributed by atoms with E-state index in [4.69, 9.17) is 4.74 Å². The molecule has 1 fully saturated rings. The van der Waals surface area contributed by atoms with Crippen molar-refractivity contribution in [3.8, 4) is 10.4 Å². The lowest BCUT2D eigenvalue weighted by Gasteiger charge is -2.40. The number of halogens is 1. The van der Waals surface area contributed by atoms with Gasteiger partial charge in [0.1, 0.15) is 36.3 Å². The van der Waals surface area contributed by atoms with E-state index < -0.39 is 37.1 Å². The van der Waals surface area contributed by atoms with E-state index in [1.54, 1.807) is 23.5 Å². The molecular weight excluding hydrogens is 421 g/mol. The zero-order valence-electron chi connectivity index (χ0n) is 17.0. The molecule has 0 amide bonds. The predicted octanol–water partition coefficient (Wildman–Crippen LogP) is 2.97. The van der Waals surface area contributed by atoms with Gasteiger partial charge in [-0.1, -0.05) is 30.3 Å². The molecule has 4 rings (SSSR count). The molecule has 0 saturated carbocycles. The third-order valence-electron chi connectivity index (χ3n) is 5.75. The molecule has 0 unspecified atom stereocenters. The second-order valence-electron chi connectivity index (χ2n) is 7.89. The lowest BCUT2D eigenvalue weighted by Crippen LogP contribution is -2.55. The number of hydrogen-bond acceptors (Lipinski definition) is 6. The zero-order valence-corrected chi connectivity index (χ0v) is 17.8. The van der Waals surface area contributed by atoms with Crippen LogP contribution in [-0.4, -0.2) is 51.4 Å². The highest BCUT2D eigenvalue weighted by Crippen LogP contribution is 2.35. The van der Waals surface area contributed by atoms with Crippen LogP contribution in [0.3, 0.4) is 0 Å². The molecule has 31 heavy (non-hydrogen) atoms. The Morgan fingerprint density at radius 3 is 2.42 bits per heavy atom. The van der Waals surface area contributed by atoms with Crippen LogP contribution in [0.1, 0.15) is 27.7 Å². The first-order valence-electron chi connectivity index (χ1n) is 10.1. The van der Waals surface area contributed by atoms with Crippen molar-refractivity contribution >= 4 is 11.3 Å². The maximum absolute atomic E-state index is 13.2. The number of aliphatic hydroxyl groups is 4. The average Bonchev–Trinajstić information content (AvgIpc) is 3.23. The highest BCUT2D eigenvalue weighted by atomic mass is 32.1. The molecule has 1 aromatic heterocycles. The van der Waals surface area contributed by atoms with Crippen LogP contribution in [0, 0.1) is 12.7 Å². The van der Waals surface area contributed by atoms with Crippen molar-refractivity contribution in [2.45, 2.75) is 43.9 Å². The highest BCUT2D eigenvalue weighted by molar-refractivity contribution is 7.15. The van der Waals surface area contributed by atoms with E-state index in [0.717, 1.165) is 26.4 Å². The molecule has 1 aliphatic rings. The van der Waals surface area contributed by atoms with Gasteiger partial charge in [-0.2, -0.15) is 0 Å². The minimum absolute atomic E-state index is 0.263. The van der Waals surface area contributed by atoms with Crippen molar-refractivity contribution in [2.24, 2.45) is 0 Å². The number of ether oxygens (including phenoxy) is 1. The second-order valence-corrected chi connectivity index (χ2v) is 9.05. The van der Waals surface area contributed by atoms with Crippen LogP contribution in [0.15, 0.2) is 54.6 Å². The fourth-order valence-electron chi connectivity index (χ4n) is 3.87. The molecule has 0 bridgehead atoms. The van der Waals surface area contributed by atoms with Crippen LogP contribution in [0.5, 0.6) is 0 Å². The number of thiophene rings is 1. The van der Waals surface area contributed by atoms with Crippen LogP contribution in [-0.2, 0) is 11.2 Å². The summed E-state index contributed by atoms with van der Waals surface area (Å²) in [5.41, 5.74) is 3.75. The summed E-state index contributed by atoms with van der Waals surface area (Å²) in [6.45, 7) is 1.54. The van der Waals surface area contributed by atoms with Gasteiger partial charge in [0.25, 0.3) is 0 Å². The van der Waals surface area contributed by atoms with Crippen molar-refractivity contribution in [3.05, 3.63) is 82.0 Å². The zero-order chi connectivity index (χ0) is 22.1. The maximum Gasteiger partial charge on any atom is 0.123 e. The molecule has 4 N–H and O–H groups in total. The molecule has 3 aromatic rings. The van der Waals surface area contributed by atoms with Crippen LogP contribution >= 0.6 is 11.3 Å². The summed E-state index contributed by atoms with van der Waals surface area (Å²) in [5.74, 6) is -0.263. The number of aliphatic hydroxyl groups excluding tert-OH is 4. The Labute approximate surface area is 184 Å².